The molecule has 5 aliphatic carbocycles. The van der Waals surface area contributed by atoms with Crippen LogP contribution in [-0.2, 0) is 118 Å². The summed E-state index contributed by atoms with van der Waals surface area (Å²) in [5.74, 6) is -0.939. The van der Waals surface area contributed by atoms with Crippen molar-refractivity contribution in [3.05, 3.63) is 181 Å². The van der Waals surface area contributed by atoms with Crippen molar-refractivity contribution in [3.8, 4) is 0 Å². The van der Waals surface area contributed by atoms with Gasteiger partial charge in [0.05, 0.1) is 31.1 Å². The molecule has 5 aliphatic heterocycles. The van der Waals surface area contributed by atoms with Gasteiger partial charge in [0.25, 0.3) is 17.1 Å². The second kappa shape index (κ2) is 45.4. The molecule has 5 aromatic rings. The molecular formula is C79H126FN18O10Y3-3. The predicted octanol–water partition coefficient (Wildman–Crippen LogP) is 15.5. The monoisotopic (exact) mass is 1770 g/mol. The summed E-state index contributed by atoms with van der Waals surface area (Å²) in [6.07, 6.45) is 12.7. The van der Waals surface area contributed by atoms with Crippen molar-refractivity contribution in [2.45, 2.75) is 166 Å². The number of nitrogen functional groups attached to an aromatic ring is 1. The summed E-state index contributed by atoms with van der Waals surface area (Å²) in [4.78, 5) is 74.1. The van der Waals surface area contributed by atoms with Crippen LogP contribution in [0.4, 0.5) is 55.6 Å². The average Bonchev–Trinajstić information content (AvgIpc) is 0.758. The number of carbonyl (C=O) groups excluding carboxylic acids is 2. The first-order valence-electron chi connectivity index (χ1n) is 34.6. The van der Waals surface area contributed by atoms with Crippen LogP contribution in [0.3, 0.4) is 0 Å². The Labute approximate surface area is 735 Å². The number of carbonyl (C=O) groups is 2. The number of anilines is 5. The summed E-state index contributed by atoms with van der Waals surface area (Å²) in [6, 6.07) is 26.2. The molecule has 5 spiro atoms. The largest absolute Gasteiger partial charge is 0.674 e. The van der Waals surface area contributed by atoms with Crippen LogP contribution in [0.2, 0.25) is 0 Å². The van der Waals surface area contributed by atoms with E-state index in [2.05, 4.69) is 104 Å². The van der Waals surface area contributed by atoms with Crippen LogP contribution < -0.4 is 32.7 Å². The van der Waals surface area contributed by atoms with Crippen molar-refractivity contribution >= 4 is 63.8 Å². The van der Waals surface area contributed by atoms with E-state index in [0.29, 0.717) is 105 Å². The molecule has 5 saturated carbocycles. The first-order chi connectivity index (χ1) is 48.0. The molecule has 9 N–H and O–H groups in total. The second-order valence-corrected chi connectivity index (χ2v) is 31.0. The normalized spacial score (nSPS) is 20.1. The summed E-state index contributed by atoms with van der Waals surface area (Å²) in [5.41, 5.74) is 28.1. The quantitative estimate of drug-likeness (QED) is 0.0193. The third-order valence-corrected chi connectivity index (χ3v) is 21.5. The van der Waals surface area contributed by atoms with Gasteiger partial charge in [0.2, 0.25) is 5.82 Å². The number of benzene rings is 5. The van der Waals surface area contributed by atoms with Gasteiger partial charge in [-0.05, 0) is 175 Å². The van der Waals surface area contributed by atoms with E-state index < -0.39 is 21.4 Å². The Balaban J connectivity index is 0.00000131. The maximum atomic E-state index is 12.6. The molecule has 111 heavy (non-hydrogen) atoms. The summed E-state index contributed by atoms with van der Waals surface area (Å²) in [5, 5.41) is 65.2. The van der Waals surface area contributed by atoms with Gasteiger partial charge in [-0.15, -0.1) is 19.6 Å². The van der Waals surface area contributed by atoms with Gasteiger partial charge in [-0.2, -0.15) is 18.5 Å². The van der Waals surface area contributed by atoms with Gasteiger partial charge in [0.1, 0.15) is 29.6 Å². The Hall–Kier alpha value is -5.08. The zero-order valence-electron chi connectivity index (χ0n) is 60.7. The van der Waals surface area contributed by atoms with Gasteiger partial charge in [-0.3, -0.25) is 50.0 Å². The number of rotatable bonds is 19. The van der Waals surface area contributed by atoms with Crippen LogP contribution in [-0.4, -0.2) is 202 Å². The van der Waals surface area contributed by atoms with Gasteiger partial charge >= 0.3 is 5.69 Å². The molecule has 0 aromatic heterocycles. The van der Waals surface area contributed by atoms with Crippen LogP contribution >= 0.6 is 0 Å². The third kappa shape index (κ3) is 26.7. The fourth-order valence-electron chi connectivity index (χ4n) is 17.8. The van der Waals surface area contributed by atoms with Crippen molar-refractivity contribution in [3.63, 3.8) is 0 Å². The van der Waals surface area contributed by atoms with E-state index in [1.54, 1.807) is 37.4 Å². The maximum Gasteiger partial charge on any atom is 0.305 e. The zero-order valence-corrected chi connectivity index (χ0v) is 69.2. The van der Waals surface area contributed by atoms with Crippen molar-refractivity contribution in [2.75, 3.05) is 142 Å². The van der Waals surface area contributed by atoms with E-state index >= 15 is 0 Å². The Morgan fingerprint density at radius 3 is 0.982 bits per heavy atom. The number of halogens is 1. The van der Waals surface area contributed by atoms with Crippen LogP contribution in [0.5, 0.6) is 0 Å². The number of hydrogen-bond donors (Lipinski definition) is 6. The molecule has 0 bridgehead atoms. The van der Waals surface area contributed by atoms with E-state index in [1.807, 2.05) is 25.2 Å². The van der Waals surface area contributed by atoms with E-state index in [9.17, 15) is 54.4 Å². The number of nitro benzene ring substituents is 4. The van der Waals surface area contributed by atoms with Gasteiger partial charge in [0, 0.05) is 229 Å². The minimum Gasteiger partial charge on any atom is -0.674 e. The molecule has 28 nitrogen and oxygen atoms in total. The van der Waals surface area contributed by atoms with Crippen molar-refractivity contribution < 1.29 is 132 Å². The van der Waals surface area contributed by atoms with Gasteiger partial charge in [0.15, 0.2) is 0 Å². The Morgan fingerprint density at radius 1 is 0.432 bits per heavy atom. The van der Waals surface area contributed by atoms with E-state index in [0.717, 1.165) is 113 Å². The molecule has 5 saturated heterocycles. The Morgan fingerprint density at radius 2 is 0.694 bits per heavy atom. The number of nitrogens with zero attached hydrogens (tertiary/aromatic N) is 11. The molecular weight excluding hydrogens is 1650 g/mol. The number of nitro groups is 4. The average molecular weight is 1770 g/mol. The SMILES string of the molecule is C.C.C.C.C.C.C.CN1CC2(CC(N)C2)C1.CN1CC2(CC(Nc3ccc(C=O)cc3[N+](=O)[O-])C2)C1.CN1CC2(CC(Nc3ccc(C[NH-])cc3[N+](=O)[O-])C2)C1.C[N-]Cc1ccc(NC2CC3(C2)CN(C)C3)c(N)c1.C[N-]Cc1ccc(NC2CC3(C2)CN(C)C3)c([N+](=O)[O-])c1.O=Cc1ccc(F)c([N+](=O)[O-])c1.[Y].[Y].[Y]. The first-order valence-corrected chi connectivity index (χ1v) is 34.6. The number of hydrogen-bond acceptors (Lipinski definition) is 21. The summed E-state index contributed by atoms with van der Waals surface area (Å²) < 4.78 is 12.6. The van der Waals surface area contributed by atoms with Crippen molar-refractivity contribution in [1.82, 2.24) is 24.5 Å². The minimum atomic E-state index is -0.939. The molecule has 10 aliphatic rings. The summed E-state index contributed by atoms with van der Waals surface area (Å²) in [7, 11) is 14.3. The van der Waals surface area contributed by atoms with Crippen LogP contribution in [0.15, 0.2) is 91.0 Å². The first kappa shape index (κ1) is 106. The smallest absolute Gasteiger partial charge is 0.305 e. The minimum absolute atomic E-state index is 0. The molecule has 15 rings (SSSR count). The summed E-state index contributed by atoms with van der Waals surface area (Å²) in [6.45, 7) is 13.3. The second-order valence-electron chi connectivity index (χ2n) is 31.0. The number of aldehydes is 2. The van der Waals surface area contributed by atoms with Crippen molar-refractivity contribution in [2.24, 2.45) is 32.8 Å². The van der Waals surface area contributed by atoms with Gasteiger partial charge in [-0.25, -0.2) is 0 Å². The number of nitrogens with two attached hydrogens (primary N) is 2. The number of likely N-dealkylation sites (tertiary alicyclic amines) is 5. The fourth-order valence-corrected chi connectivity index (χ4v) is 17.8. The predicted molar refractivity (Wildman–Crippen MR) is 439 cm³/mol. The summed E-state index contributed by atoms with van der Waals surface area (Å²) >= 11 is 0. The maximum absolute atomic E-state index is 12.6. The van der Waals surface area contributed by atoms with Crippen LogP contribution in [0.25, 0.3) is 16.4 Å². The molecule has 0 atom stereocenters. The molecule has 0 unspecified atom stereocenters. The fraction of sp³-hybridized carbons (Fsp3) is 0.595. The van der Waals surface area contributed by atoms with Crippen LogP contribution in [0.1, 0.15) is 154 Å². The molecule has 3 radical (unpaired) electrons. The number of nitrogens with one attached hydrogen (secondary N) is 5. The molecule has 32 heteroatoms. The topological polar surface area (TPSA) is 375 Å². The van der Waals surface area contributed by atoms with E-state index in [1.165, 1.54) is 75.6 Å². The van der Waals surface area contributed by atoms with Gasteiger partial charge < -0.3 is 73.6 Å². The molecule has 10 fully saturated rings. The molecule has 5 heterocycles. The standard InChI is InChI=1S/C15H21N4O2.C15H23N4.C14H19N4O2.C14H17N3O3.C7H4FNO3.C7H14N2.7CH4.3Y/c1-16-8-11-3-4-13(14(5-11)19(20)21)17-12-6-15(7-12)9-18(2)10-15;1-17-8-11-3-4-14(13(16)5-11)18-12-6-15(7-12)9-19(2)10-15;1-17-8-14(9-17)5-11(6-14)16-12-3-2-10(7-15)4-13(12)18(19)20;1-16-8-14(9-16)5-11(6-14)15-12-3-2-10(7-18)4-13(12)17(19)20;8-6-2-1-5(4-10)3-7(6)9(11)12;1-9-4-7(5-9)2-6(8)3-7;;;;;;;;;;/h3-5,12,17H,6-10H2,1-2H3;3-5,12,18H,6-10,16H2,1-2H3;2-4,11,15-16H,5-9H2,1H3;2-4,7,11,15H,5-6,8-9H2,1H3;1-4H;6H,2-5,8H2,1H3;7*1H4;;;/q3*-1;;;;;;;;;;;;;. The Kier molecular flexibility index (Phi) is 43.4. The molecule has 0 amide bonds. The van der Waals surface area contributed by atoms with Crippen molar-refractivity contribution in [1.29, 1.82) is 0 Å². The zero-order chi connectivity index (χ0) is 72.8. The molecule has 5 aromatic carbocycles. The van der Waals surface area contributed by atoms with Gasteiger partial charge in [-0.1, -0.05) is 86.9 Å². The molecule has 611 valence electrons. The van der Waals surface area contributed by atoms with E-state index in [-0.39, 0.29) is 189 Å². The van der Waals surface area contributed by atoms with Crippen LogP contribution in [0, 0.1) is 73.3 Å². The third-order valence-electron chi connectivity index (χ3n) is 21.5. The Bertz CT molecular complexity index is 3780. The van der Waals surface area contributed by atoms with E-state index in [4.69, 9.17) is 17.2 Å².